The Labute approximate surface area is 90.4 Å². The van der Waals surface area contributed by atoms with E-state index in [-0.39, 0.29) is 0 Å². The summed E-state index contributed by atoms with van der Waals surface area (Å²) < 4.78 is 6.23. The van der Waals surface area contributed by atoms with Crippen LogP contribution < -0.4 is 0 Å². The third kappa shape index (κ3) is 3.74. The van der Waals surface area contributed by atoms with E-state index in [1.54, 1.807) is 0 Å². The van der Waals surface area contributed by atoms with E-state index in [0.29, 0.717) is 0 Å². The van der Waals surface area contributed by atoms with Crippen molar-refractivity contribution in [3.05, 3.63) is 0 Å². The number of hydrogen-bond acceptors (Lipinski definition) is 1. The first-order chi connectivity index (χ1) is 6.83. The second-order valence-corrected chi connectivity index (χ2v) is 9.01. The Hall–Kier alpha value is 0.177. The van der Waals surface area contributed by atoms with Crippen molar-refractivity contribution >= 4 is 8.32 Å². The van der Waals surface area contributed by atoms with Gasteiger partial charge in [0, 0.05) is 6.61 Å². The molecule has 0 aromatic carbocycles. The minimum atomic E-state index is -1.17. The highest BCUT2D eigenvalue weighted by molar-refractivity contribution is 6.74. The molecule has 0 radical (unpaired) electrons. The zero-order valence-corrected chi connectivity index (χ0v) is 11.0. The van der Waals surface area contributed by atoms with Gasteiger partial charge in [-0.2, -0.15) is 0 Å². The summed E-state index contributed by atoms with van der Waals surface area (Å²) in [6.07, 6.45) is 8.25. The summed E-state index contributed by atoms with van der Waals surface area (Å²) in [7, 11) is -1.17. The molecule has 1 aliphatic rings. The van der Waals surface area contributed by atoms with Gasteiger partial charge < -0.3 is 4.43 Å². The Morgan fingerprint density at radius 2 is 1.71 bits per heavy atom. The Kier molecular flexibility index (Phi) is 5.79. The minimum absolute atomic E-state index is 1.06. The molecule has 0 atom stereocenters. The highest BCUT2D eigenvalue weighted by atomic mass is 28.4. The van der Waals surface area contributed by atoms with Crippen LogP contribution in [0.2, 0.25) is 18.1 Å². The summed E-state index contributed by atoms with van der Waals surface area (Å²) >= 11 is 0. The van der Waals surface area contributed by atoms with Crippen LogP contribution in [0.15, 0.2) is 0 Å². The second kappa shape index (κ2) is 6.62. The molecule has 0 N–H and O–H groups in total. The monoisotopic (exact) mass is 214 g/mol. The molecule has 0 spiro atoms. The SMILES string of the molecule is CCCCCCO[Si]1(CC)CCCC1. The van der Waals surface area contributed by atoms with Gasteiger partial charge in [-0.25, -0.2) is 0 Å². The van der Waals surface area contributed by atoms with Crippen LogP contribution in [0.25, 0.3) is 0 Å². The zero-order valence-electron chi connectivity index (χ0n) is 9.98. The molecule has 1 nitrogen and oxygen atoms in total. The van der Waals surface area contributed by atoms with Crippen molar-refractivity contribution in [2.45, 2.75) is 70.5 Å². The molecular formula is C12H26OSi. The van der Waals surface area contributed by atoms with E-state index >= 15 is 0 Å². The first-order valence-electron chi connectivity index (χ1n) is 6.47. The van der Waals surface area contributed by atoms with E-state index in [9.17, 15) is 0 Å². The van der Waals surface area contributed by atoms with E-state index in [1.165, 1.54) is 56.7 Å². The molecule has 1 saturated heterocycles. The number of hydrogen-bond donors (Lipinski definition) is 0. The van der Waals surface area contributed by atoms with Crippen LogP contribution >= 0.6 is 0 Å². The van der Waals surface area contributed by atoms with Crippen LogP contribution in [-0.2, 0) is 4.43 Å². The average molecular weight is 214 g/mol. The third-order valence-corrected chi connectivity index (χ3v) is 8.20. The molecule has 0 bridgehead atoms. The Balaban J connectivity index is 2.08. The van der Waals surface area contributed by atoms with Crippen molar-refractivity contribution in [1.29, 1.82) is 0 Å². The third-order valence-electron chi connectivity index (χ3n) is 3.57. The number of rotatable bonds is 7. The van der Waals surface area contributed by atoms with E-state index in [4.69, 9.17) is 4.43 Å². The lowest BCUT2D eigenvalue weighted by Crippen LogP contribution is -2.33. The predicted molar refractivity (Wildman–Crippen MR) is 65.2 cm³/mol. The quantitative estimate of drug-likeness (QED) is 0.452. The molecule has 1 aliphatic heterocycles. The van der Waals surface area contributed by atoms with Crippen LogP contribution in [-0.4, -0.2) is 14.9 Å². The summed E-state index contributed by atoms with van der Waals surface area (Å²) in [5.41, 5.74) is 0. The van der Waals surface area contributed by atoms with Crippen molar-refractivity contribution in [2.24, 2.45) is 0 Å². The Morgan fingerprint density at radius 3 is 2.29 bits per heavy atom. The maximum Gasteiger partial charge on any atom is 0.192 e. The van der Waals surface area contributed by atoms with Crippen molar-refractivity contribution < 1.29 is 4.43 Å². The maximum atomic E-state index is 6.23. The summed E-state index contributed by atoms with van der Waals surface area (Å²) in [6, 6.07) is 4.23. The van der Waals surface area contributed by atoms with E-state index in [1.807, 2.05) is 0 Å². The van der Waals surface area contributed by atoms with E-state index in [2.05, 4.69) is 13.8 Å². The van der Waals surface area contributed by atoms with Crippen LogP contribution in [0, 0.1) is 0 Å². The van der Waals surface area contributed by atoms with E-state index < -0.39 is 8.32 Å². The van der Waals surface area contributed by atoms with E-state index in [0.717, 1.165) is 6.61 Å². The molecule has 1 heterocycles. The van der Waals surface area contributed by atoms with Gasteiger partial charge in [0.2, 0.25) is 0 Å². The van der Waals surface area contributed by atoms with Crippen LogP contribution in [0.4, 0.5) is 0 Å². The molecular weight excluding hydrogens is 188 g/mol. The maximum absolute atomic E-state index is 6.23. The zero-order chi connectivity index (χ0) is 10.3. The molecule has 0 amide bonds. The van der Waals surface area contributed by atoms with Gasteiger partial charge in [0.05, 0.1) is 0 Å². The first kappa shape index (κ1) is 12.2. The molecule has 2 heteroatoms. The lowest BCUT2D eigenvalue weighted by Gasteiger charge is -2.25. The van der Waals surface area contributed by atoms with Crippen LogP contribution in [0.3, 0.4) is 0 Å². The fourth-order valence-corrected chi connectivity index (χ4v) is 6.25. The van der Waals surface area contributed by atoms with Gasteiger partial charge in [-0.3, -0.25) is 0 Å². The van der Waals surface area contributed by atoms with Crippen molar-refractivity contribution in [3.63, 3.8) is 0 Å². The summed E-state index contributed by atoms with van der Waals surface area (Å²) in [6.45, 7) is 5.66. The van der Waals surface area contributed by atoms with Gasteiger partial charge in [-0.1, -0.05) is 46.0 Å². The van der Waals surface area contributed by atoms with Crippen molar-refractivity contribution in [2.75, 3.05) is 6.61 Å². The Bertz CT molecular complexity index is 141. The predicted octanol–water partition coefficient (Wildman–Crippen LogP) is 4.34. The molecule has 0 saturated carbocycles. The summed E-state index contributed by atoms with van der Waals surface area (Å²) in [4.78, 5) is 0. The largest absolute Gasteiger partial charge is 0.417 e. The molecule has 0 aromatic rings. The fourth-order valence-electron chi connectivity index (χ4n) is 2.44. The summed E-state index contributed by atoms with van der Waals surface area (Å²) in [5.74, 6) is 0. The van der Waals surface area contributed by atoms with Gasteiger partial charge in [-0.15, -0.1) is 0 Å². The smallest absolute Gasteiger partial charge is 0.192 e. The highest BCUT2D eigenvalue weighted by Crippen LogP contribution is 2.34. The average Bonchev–Trinajstić information content (AvgIpc) is 2.67. The van der Waals surface area contributed by atoms with Crippen molar-refractivity contribution in [1.82, 2.24) is 0 Å². The molecule has 0 unspecified atom stereocenters. The number of unbranched alkanes of at least 4 members (excludes halogenated alkanes) is 3. The van der Waals surface area contributed by atoms with Crippen LogP contribution in [0.1, 0.15) is 52.4 Å². The molecule has 84 valence electrons. The topological polar surface area (TPSA) is 9.23 Å². The van der Waals surface area contributed by atoms with Crippen molar-refractivity contribution in [3.8, 4) is 0 Å². The molecule has 0 aliphatic carbocycles. The molecule has 0 aromatic heterocycles. The highest BCUT2D eigenvalue weighted by Gasteiger charge is 2.35. The first-order valence-corrected chi connectivity index (χ1v) is 9.00. The van der Waals surface area contributed by atoms with Gasteiger partial charge in [0.15, 0.2) is 8.32 Å². The Morgan fingerprint density at radius 1 is 1.00 bits per heavy atom. The fraction of sp³-hybridized carbons (Fsp3) is 1.00. The van der Waals surface area contributed by atoms with Gasteiger partial charge >= 0.3 is 0 Å². The van der Waals surface area contributed by atoms with Crippen LogP contribution in [0.5, 0.6) is 0 Å². The normalized spacial score (nSPS) is 20.1. The standard InChI is InChI=1S/C12H26OSi/c1-3-5-6-7-10-13-14(4-2)11-8-9-12-14/h3-12H2,1-2H3. The van der Waals surface area contributed by atoms with Gasteiger partial charge in [0.1, 0.15) is 0 Å². The molecule has 14 heavy (non-hydrogen) atoms. The summed E-state index contributed by atoms with van der Waals surface area (Å²) in [5, 5.41) is 0. The second-order valence-electron chi connectivity index (χ2n) is 4.65. The lowest BCUT2D eigenvalue weighted by atomic mass is 10.2. The lowest BCUT2D eigenvalue weighted by molar-refractivity contribution is 0.290. The van der Waals surface area contributed by atoms with Gasteiger partial charge in [0.25, 0.3) is 0 Å². The molecule has 1 fully saturated rings. The molecule has 1 rings (SSSR count). The minimum Gasteiger partial charge on any atom is -0.417 e. The van der Waals surface area contributed by atoms with Gasteiger partial charge in [-0.05, 0) is 24.6 Å².